The zero-order valence-corrected chi connectivity index (χ0v) is 12.0. The summed E-state index contributed by atoms with van der Waals surface area (Å²) in [5.41, 5.74) is 0.897. The van der Waals surface area contributed by atoms with Crippen LogP contribution in [0, 0.1) is 5.92 Å². The molecule has 0 saturated heterocycles. The van der Waals surface area contributed by atoms with Crippen LogP contribution in [-0.4, -0.2) is 31.9 Å². The highest BCUT2D eigenvalue weighted by atomic mass is 32.2. The molecule has 19 heavy (non-hydrogen) atoms. The van der Waals surface area contributed by atoms with Crippen LogP contribution in [0.3, 0.4) is 0 Å². The highest BCUT2D eigenvalue weighted by Gasteiger charge is 2.24. The fraction of sp³-hybridized carbons (Fsp3) is 0.571. The summed E-state index contributed by atoms with van der Waals surface area (Å²) >= 11 is 0. The minimum absolute atomic E-state index is 0.119. The van der Waals surface area contributed by atoms with E-state index in [1.54, 1.807) is 31.2 Å². The number of anilines is 1. The number of benzene rings is 1. The Morgan fingerprint density at radius 3 is 2.47 bits per heavy atom. The molecule has 1 fully saturated rings. The minimum atomic E-state index is -3.12. The van der Waals surface area contributed by atoms with Crippen molar-refractivity contribution in [1.82, 2.24) is 0 Å². The van der Waals surface area contributed by atoms with E-state index in [2.05, 4.69) is 5.32 Å². The van der Waals surface area contributed by atoms with Crippen LogP contribution < -0.4 is 5.32 Å². The van der Waals surface area contributed by atoms with E-state index in [0.29, 0.717) is 10.8 Å². The van der Waals surface area contributed by atoms with Crippen LogP contribution in [0.4, 0.5) is 5.69 Å². The molecule has 1 aromatic carbocycles. The summed E-state index contributed by atoms with van der Waals surface area (Å²) in [7, 11) is -3.12. The zero-order valence-electron chi connectivity index (χ0n) is 11.2. The molecule has 5 heteroatoms. The summed E-state index contributed by atoms with van der Waals surface area (Å²) in [4.78, 5) is 0.362. The summed E-state index contributed by atoms with van der Waals surface area (Å²) < 4.78 is 23.3. The predicted molar refractivity (Wildman–Crippen MR) is 76.0 cm³/mol. The van der Waals surface area contributed by atoms with Gasteiger partial charge in [0.1, 0.15) is 0 Å². The number of aliphatic hydroxyl groups excluding tert-OH is 1. The van der Waals surface area contributed by atoms with Gasteiger partial charge in [-0.1, -0.05) is 13.3 Å². The van der Waals surface area contributed by atoms with Crippen molar-refractivity contribution in [2.45, 2.75) is 37.2 Å². The number of rotatable bonds is 5. The molecule has 1 saturated carbocycles. The zero-order chi connectivity index (χ0) is 13.9. The van der Waals surface area contributed by atoms with Gasteiger partial charge in [-0.25, -0.2) is 8.42 Å². The molecule has 2 rings (SSSR count). The van der Waals surface area contributed by atoms with E-state index < -0.39 is 9.84 Å². The Balaban J connectivity index is 1.96. The lowest BCUT2D eigenvalue weighted by Crippen LogP contribution is -2.21. The van der Waals surface area contributed by atoms with Crippen LogP contribution in [0.2, 0.25) is 0 Å². The first-order valence-electron chi connectivity index (χ1n) is 6.77. The largest absolute Gasteiger partial charge is 0.393 e. The molecular weight excluding hydrogens is 262 g/mol. The molecule has 2 atom stereocenters. The molecule has 1 aromatic rings. The van der Waals surface area contributed by atoms with E-state index >= 15 is 0 Å². The molecule has 0 aliphatic heterocycles. The average molecular weight is 283 g/mol. The standard InChI is InChI=1S/C14H21NO3S/c1-2-19(17,18)13-8-6-12(7-9-13)15-10-11-4-3-5-14(11)16/h6-9,11,14-16H,2-5,10H2,1H3. The fourth-order valence-corrected chi connectivity index (χ4v) is 3.34. The molecule has 1 aliphatic rings. The maximum atomic E-state index is 11.7. The van der Waals surface area contributed by atoms with Crippen molar-refractivity contribution < 1.29 is 13.5 Å². The van der Waals surface area contributed by atoms with E-state index in [-0.39, 0.29) is 11.9 Å². The Bertz CT molecular complexity index is 510. The maximum Gasteiger partial charge on any atom is 0.178 e. The third-order valence-electron chi connectivity index (χ3n) is 3.78. The lowest BCUT2D eigenvalue weighted by Gasteiger charge is -2.16. The Hall–Kier alpha value is -1.07. The highest BCUT2D eigenvalue weighted by molar-refractivity contribution is 7.91. The Morgan fingerprint density at radius 1 is 1.26 bits per heavy atom. The van der Waals surface area contributed by atoms with E-state index in [0.717, 1.165) is 31.5 Å². The summed E-state index contributed by atoms with van der Waals surface area (Å²) in [6, 6.07) is 6.83. The van der Waals surface area contributed by atoms with Crippen molar-refractivity contribution in [3.63, 3.8) is 0 Å². The van der Waals surface area contributed by atoms with Crippen molar-refractivity contribution in [2.75, 3.05) is 17.6 Å². The van der Waals surface area contributed by atoms with Gasteiger partial charge in [0.2, 0.25) is 0 Å². The van der Waals surface area contributed by atoms with Gasteiger partial charge < -0.3 is 10.4 Å². The monoisotopic (exact) mass is 283 g/mol. The van der Waals surface area contributed by atoms with E-state index in [1.807, 2.05) is 0 Å². The third kappa shape index (κ3) is 3.48. The number of nitrogens with one attached hydrogen (secondary N) is 1. The number of aliphatic hydroxyl groups is 1. The first kappa shape index (κ1) is 14.3. The Labute approximate surface area is 114 Å². The van der Waals surface area contributed by atoms with Gasteiger partial charge in [0.15, 0.2) is 9.84 Å². The molecule has 2 N–H and O–H groups in total. The van der Waals surface area contributed by atoms with E-state index in [1.165, 1.54) is 0 Å². The summed E-state index contributed by atoms with van der Waals surface area (Å²) in [6.07, 6.45) is 2.82. The van der Waals surface area contributed by atoms with Crippen LogP contribution in [0.1, 0.15) is 26.2 Å². The van der Waals surface area contributed by atoms with Crippen molar-refractivity contribution in [3.8, 4) is 0 Å². The molecule has 106 valence electrons. The lowest BCUT2D eigenvalue weighted by atomic mass is 10.1. The smallest absolute Gasteiger partial charge is 0.178 e. The van der Waals surface area contributed by atoms with Crippen molar-refractivity contribution in [3.05, 3.63) is 24.3 Å². The fourth-order valence-electron chi connectivity index (χ4n) is 2.45. The molecule has 0 heterocycles. The number of hydrogen-bond acceptors (Lipinski definition) is 4. The molecule has 0 bridgehead atoms. The quantitative estimate of drug-likeness (QED) is 0.868. The first-order chi connectivity index (χ1) is 9.03. The van der Waals surface area contributed by atoms with Gasteiger partial charge in [-0.3, -0.25) is 0 Å². The van der Waals surface area contributed by atoms with Crippen molar-refractivity contribution in [1.29, 1.82) is 0 Å². The molecule has 0 amide bonds. The van der Waals surface area contributed by atoms with Gasteiger partial charge in [0.25, 0.3) is 0 Å². The van der Waals surface area contributed by atoms with Gasteiger partial charge in [0.05, 0.1) is 16.8 Å². The lowest BCUT2D eigenvalue weighted by molar-refractivity contribution is 0.138. The Kier molecular flexibility index (Phi) is 4.47. The highest BCUT2D eigenvalue weighted by Crippen LogP contribution is 2.26. The van der Waals surface area contributed by atoms with Gasteiger partial charge in [-0.15, -0.1) is 0 Å². The van der Waals surface area contributed by atoms with Crippen molar-refractivity contribution in [2.24, 2.45) is 5.92 Å². The van der Waals surface area contributed by atoms with Crippen LogP contribution in [0.5, 0.6) is 0 Å². The van der Waals surface area contributed by atoms with Crippen LogP contribution in [-0.2, 0) is 9.84 Å². The second-order valence-corrected chi connectivity index (χ2v) is 7.35. The summed E-state index contributed by atoms with van der Waals surface area (Å²) in [5, 5.41) is 13.0. The predicted octanol–water partition coefficient (Wildman–Crippen LogP) is 2.05. The molecule has 0 radical (unpaired) electrons. The van der Waals surface area contributed by atoms with E-state index in [9.17, 15) is 13.5 Å². The number of hydrogen-bond donors (Lipinski definition) is 2. The van der Waals surface area contributed by atoms with Gasteiger partial charge >= 0.3 is 0 Å². The molecular formula is C14H21NO3S. The maximum absolute atomic E-state index is 11.7. The average Bonchev–Trinajstić information content (AvgIpc) is 2.82. The van der Waals surface area contributed by atoms with Crippen LogP contribution in [0.25, 0.3) is 0 Å². The van der Waals surface area contributed by atoms with Gasteiger partial charge in [0, 0.05) is 18.2 Å². The molecule has 0 aromatic heterocycles. The third-order valence-corrected chi connectivity index (χ3v) is 5.53. The summed E-state index contributed by atoms with van der Waals surface area (Å²) in [5.74, 6) is 0.424. The second-order valence-electron chi connectivity index (χ2n) is 5.07. The van der Waals surface area contributed by atoms with Gasteiger partial charge in [-0.2, -0.15) is 0 Å². The molecule has 4 nitrogen and oxygen atoms in total. The Morgan fingerprint density at radius 2 is 1.95 bits per heavy atom. The van der Waals surface area contributed by atoms with Gasteiger partial charge in [-0.05, 0) is 37.1 Å². The van der Waals surface area contributed by atoms with Crippen molar-refractivity contribution >= 4 is 15.5 Å². The molecule has 0 spiro atoms. The van der Waals surface area contributed by atoms with E-state index in [4.69, 9.17) is 0 Å². The molecule has 1 aliphatic carbocycles. The second kappa shape index (κ2) is 5.92. The first-order valence-corrected chi connectivity index (χ1v) is 8.43. The minimum Gasteiger partial charge on any atom is -0.393 e. The van der Waals surface area contributed by atoms with Crippen LogP contribution in [0.15, 0.2) is 29.2 Å². The summed E-state index contributed by atoms with van der Waals surface area (Å²) in [6.45, 7) is 2.38. The van der Waals surface area contributed by atoms with Crippen LogP contribution >= 0.6 is 0 Å². The molecule has 2 unspecified atom stereocenters. The normalized spacial score (nSPS) is 23.5. The number of sulfone groups is 1. The SMILES string of the molecule is CCS(=O)(=O)c1ccc(NCC2CCCC2O)cc1. The topological polar surface area (TPSA) is 66.4 Å².